The van der Waals surface area contributed by atoms with Crippen LogP contribution in [-0.4, -0.2) is 26.4 Å². The molecule has 0 saturated heterocycles. The van der Waals surface area contributed by atoms with E-state index in [1.807, 2.05) is 20.8 Å². The van der Waals surface area contributed by atoms with E-state index in [1.54, 1.807) is 11.8 Å². The zero-order valence-electron chi connectivity index (χ0n) is 18.0. The molecule has 0 amide bonds. The third-order valence-electron chi connectivity index (χ3n) is 4.07. The van der Waals surface area contributed by atoms with E-state index in [9.17, 15) is 0 Å². The van der Waals surface area contributed by atoms with E-state index in [0.29, 0.717) is 9.43 Å². The van der Waals surface area contributed by atoms with Crippen LogP contribution in [0.2, 0.25) is 0 Å². The summed E-state index contributed by atoms with van der Waals surface area (Å²) in [6.45, 7) is 12.5. The first kappa shape index (κ1) is 26.5. The van der Waals surface area contributed by atoms with E-state index >= 15 is 0 Å². The van der Waals surface area contributed by atoms with Crippen molar-refractivity contribution in [3.05, 3.63) is 0 Å². The van der Waals surface area contributed by atoms with Gasteiger partial charge < -0.3 is 5.32 Å². The molecule has 0 bridgehead atoms. The van der Waals surface area contributed by atoms with Crippen LogP contribution in [0.15, 0.2) is 10.2 Å². The Balaban J connectivity index is 4.20. The van der Waals surface area contributed by atoms with Crippen molar-refractivity contribution in [1.82, 2.24) is 16.2 Å². The standard InChI is InChI=1S/C19H39N5S3/c1-7-10-11-12-13-14-15-27-17(26)22-21-16(25)20-19(8-2,9-3)24-23-18(4,5)6/h7-15H2,1-6H3,(H,22,26)(H2,20,21,25). The van der Waals surface area contributed by atoms with Crippen LogP contribution in [0.1, 0.15) is 92.9 Å². The van der Waals surface area contributed by atoms with Gasteiger partial charge in [-0.2, -0.15) is 10.2 Å². The fourth-order valence-electron chi connectivity index (χ4n) is 2.27. The first-order valence-corrected chi connectivity index (χ1v) is 11.9. The molecule has 8 heteroatoms. The second-order valence-electron chi connectivity index (χ2n) is 7.72. The van der Waals surface area contributed by atoms with E-state index in [-0.39, 0.29) is 5.54 Å². The summed E-state index contributed by atoms with van der Waals surface area (Å²) in [5, 5.41) is 12.7. The van der Waals surface area contributed by atoms with E-state index < -0.39 is 5.66 Å². The molecular formula is C19H39N5S3. The molecule has 0 aliphatic rings. The zero-order valence-corrected chi connectivity index (χ0v) is 20.4. The minimum atomic E-state index is -0.494. The van der Waals surface area contributed by atoms with Crippen molar-refractivity contribution in [1.29, 1.82) is 0 Å². The molecule has 0 heterocycles. The van der Waals surface area contributed by atoms with Crippen molar-refractivity contribution in [2.24, 2.45) is 10.2 Å². The number of nitrogens with zero attached hydrogens (tertiary/aromatic N) is 2. The van der Waals surface area contributed by atoms with Crippen molar-refractivity contribution in [3.63, 3.8) is 0 Å². The quantitative estimate of drug-likeness (QED) is 0.158. The van der Waals surface area contributed by atoms with Crippen molar-refractivity contribution < 1.29 is 0 Å². The summed E-state index contributed by atoms with van der Waals surface area (Å²) >= 11 is 12.4. The molecule has 0 spiro atoms. The first-order chi connectivity index (χ1) is 12.7. The smallest absolute Gasteiger partial charge is 0.187 e. The molecule has 0 aliphatic carbocycles. The molecule has 0 saturated carbocycles. The molecule has 0 fully saturated rings. The summed E-state index contributed by atoms with van der Waals surface area (Å²) in [4.78, 5) is 0. The van der Waals surface area contributed by atoms with Gasteiger partial charge in [0.1, 0.15) is 0 Å². The van der Waals surface area contributed by atoms with E-state index in [4.69, 9.17) is 24.4 Å². The summed E-state index contributed by atoms with van der Waals surface area (Å²) in [5.74, 6) is 1.04. The fourth-order valence-corrected chi connectivity index (χ4v) is 3.47. The van der Waals surface area contributed by atoms with E-state index in [2.05, 4.69) is 47.2 Å². The molecule has 0 atom stereocenters. The van der Waals surface area contributed by atoms with Gasteiger partial charge in [0, 0.05) is 5.75 Å². The third-order valence-corrected chi connectivity index (χ3v) is 5.58. The highest BCUT2D eigenvalue weighted by Gasteiger charge is 2.27. The number of thioether (sulfide) groups is 1. The lowest BCUT2D eigenvalue weighted by Crippen LogP contribution is -2.54. The summed E-state index contributed by atoms with van der Waals surface area (Å²) in [6, 6.07) is 0. The summed E-state index contributed by atoms with van der Waals surface area (Å²) in [5.41, 5.74) is 5.28. The van der Waals surface area contributed by atoms with Crippen LogP contribution in [0.4, 0.5) is 0 Å². The molecule has 0 aliphatic heterocycles. The van der Waals surface area contributed by atoms with Gasteiger partial charge in [-0.3, -0.25) is 10.9 Å². The second kappa shape index (κ2) is 14.5. The largest absolute Gasteiger partial charge is 0.336 e. The average Bonchev–Trinajstić information content (AvgIpc) is 2.62. The molecule has 3 N–H and O–H groups in total. The number of thiocarbonyl (C=S) groups is 2. The lowest BCUT2D eigenvalue weighted by atomic mass is 10.1. The molecule has 5 nitrogen and oxygen atoms in total. The van der Waals surface area contributed by atoms with Gasteiger partial charge in [-0.05, 0) is 52.3 Å². The van der Waals surface area contributed by atoms with Gasteiger partial charge in [0.2, 0.25) is 0 Å². The maximum atomic E-state index is 5.40. The van der Waals surface area contributed by atoms with Crippen LogP contribution in [0.5, 0.6) is 0 Å². The molecule has 0 aromatic heterocycles. The number of hydrogen-bond donors (Lipinski definition) is 3. The van der Waals surface area contributed by atoms with Crippen molar-refractivity contribution in [3.8, 4) is 0 Å². The van der Waals surface area contributed by atoms with Gasteiger partial charge in [-0.1, -0.05) is 76.9 Å². The van der Waals surface area contributed by atoms with Crippen LogP contribution in [0, 0.1) is 0 Å². The minimum Gasteiger partial charge on any atom is -0.336 e. The lowest BCUT2D eigenvalue weighted by molar-refractivity contribution is 0.329. The summed E-state index contributed by atoms with van der Waals surface area (Å²) < 4.78 is 0.711. The maximum absolute atomic E-state index is 5.40. The van der Waals surface area contributed by atoms with E-state index in [0.717, 1.165) is 18.6 Å². The average molecular weight is 434 g/mol. The number of rotatable bonds is 11. The highest BCUT2D eigenvalue weighted by molar-refractivity contribution is 8.22. The Morgan fingerprint density at radius 2 is 1.44 bits per heavy atom. The van der Waals surface area contributed by atoms with Crippen molar-refractivity contribution >= 4 is 45.6 Å². The lowest BCUT2D eigenvalue weighted by Gasteiger charge is -2.30. The van der Waals surface area contributed by atoms with Gasteiger partial charge in [-0.15, -0.1) is 0 Å². The fraction of sp³-hybridized carbons (Fsp3) is 0.895. The Kier molecular flexibility index (Phi) is 14.3. The summed E-state index contributed by atoms with van der Waals surface area (Å²) in [7, 11) is 0. The normalized spacial score (nSPS) is 12.2. The zero-order chi connectivity index (χ0) is 20.8. The SMILES string of the molecule is CCCCCCCCSC(=S)NNC(=S)NC(CC)(CC)N=NC(C)(C)C. The van der Waals surface area contributed by atoms with Crippen LogP contribution in [0.25, 0.3) is 0 Å². The Hall–Kier alpha value is -0.470. The van der Waals surface area contributed by atoms with Crippen LogP contribution in [0.3, 0.4) is 0 Å². The van der Waals surface area contributed by atoms with Crippen LogP contribution in [-0.2, 0) is 0 Å². The highest BCUT2D eigenvalue weighted by atomic mass is 32.2. The third kappa shape index (κ3) is 14.2. The monoisotopic (exact) mass is 433 g/mol. The molecule has 0 unspecified atom stereocenters. The Morgan fingerprint density at radius 3 is 2.00 bits per heavy atom. The predicted octanol–water partition coefficient (Wildman–Crippen LogP) is 6.10. The van der Waals surface area contributed by atoms with Crippen molar-refractivity contribution in [2.75, 3.05) is 5.75 Å². The molecule has 27 heavy (non-hydrogen) atoms. The molecule has 158 valence electrons. The highest BCUT2D eigenvalue weighted by Crippen LogP contribution is 2.20. The number of hydrogen-bond acceptors (Lipinski definition) is 5. The number of nitrogens with one attached hydrogen (secondary N) is 3. The molecule has 0 aromatic rings. The van der Waals surface area contributed by atoms with Crippen molar-refractivity contribution in [2.45, 2.75) is 104 Å². The molecular weight excluding hydrogens is 394 g/mol. The Morgan fingerprint density at radius 1 is 0.852 bits per heavy atom. The number of hydrazine groups is 1. The Labute approximate surface area is 181 Å². The van der Waals surface area contributed by atoms with Gasteiger partial charge in [-0.25, -0.2) is 0 Å². The minimum absolute atomic E-state index is 0.209. The van der Waals surface area contributed by atoms with Gasteiger partial charge in [0.25, 0.3) is 0 Å². The summed E-state index contributed by atoms with van der Waals surface area (Å²) in [6.07, 6.45) is 9.35. The van der Waals surface area contributed by atoms with Crippen LogP contribution >= 0.6 is 36.2 Å². The molecule has 0 rings (SSSR count). The molecule has 0 aromatic carbocycles. The van der Waals surface area contributed by atoms with Gasteiger partial charge >= 0.3 is 0 Å². The first-order valence-electron chi connectivity index (χ1n) is 10.1. The Bertz CT molecular complexity index is 457. The van der Waals surface area contributed by atoms with Crippen LogP contribution < -0.4 is 16.2 Å². The topological polar surface area (TPSA) is 60.8 Å². The van der Waals surface area contributed by atoms with Gasteiger partial charge in [0.05, 0.1) is 5.54 Å². The van der Waals surface area contributed by atoms with E-state index in [1.165, 1.54) is 38.5 Å². The predicted molar refractivity (Wildman–Crippen MR) is 128 cm³/mol. The number of azo groups is 1. The maximum Gasteiger partial charge on any atom is 0.187 e. The number of unbranched alkanes of at least 4 members (excludes halogenated alkanes) is 5. The molecule has 0 radical (unpaired) electrons. The van der Waals surface area contributed by atoms with Gasteiger partial charge in [0.15, 0.2) is 15.1 Å². The second-order valence-corrected chi connectivity index (χ2v) is 9.90.